The molecule has 2 N–H and O–H groups in total. The van der Waals surface area contributed by atoms with Crippen LogP contribution in [0.2, 0.25) is 0 Å². The van der Waals surface area contributed by atoms with Crippen LogP contribution in [0.15, 0.2) is 70.7 Å². The Labute approximate surface area is 213 Å². The van der Waals surface area contributed by atoms with Crippen molar-refractivity contribution in [3.63, 3.8) is 0 Å². The molecule has 182 valence electrons. The maximum atomic E-state index is 12.6. The summed E-state index contributed by atoms with van der Waals surface area (Å²) < 4.78 is 11.5. The van der Waals surface area contributed by atoms with Crippen LogP contribution in [0.5, 0.6) is 17.2 Å². The van der Waals surface area contributed by atoms with Crippen molar-refractivity contribution >= 4 is 45.3 Å². The molecule has 3 rings (SSSR count). The van der Waals surface area contributed by atoms with Gasteiger partial charge >= 0.3 is 5.97 Å². The van der Waals surface area contributed by atoms with Crippen molar-refractivity contribution in [2.45, 2.75) is 6.92 Å². The summed E-state index contributed by atoms with van der Waals surface area (Å²) in [5.74, 6) is -1.65. The fraction of sp³-hybridized carbons (Fsp3) is 0.0800. The van der Waals surface area contributed by atoms with Gasteiger partial charge in [-0.15, -0.1) is 0 Å². The molecule has 0 fully saturated rings. The smallest absolute Gasteiger partial charge is 0.343 e. The minimum atomic E-state index is -0.852. The summed E-state index contributed by atoms with van der Waals surface area (Å²) in [7, 11) is 0. The van der Waals surface area contributed by atoms with Crippen molar-refractivity contribution in [1.82, 2.24) is 0 Å². The average molecular weight is 552 g/mol. The van der Waals surface area contributed by atoms with Gasteiger partial charge in [0.25, 0.3) is 11.6 Å². The number of non-ortho nitro benzene ring substituents is 1. The summed E-state index contributed by atoms with van der Waals surface area (Å²) >= 11 is 3.34. The molecule has 0 unspecified atom stereocenters. The number of nitro benzene ring substituents is 1. The van der Waals surface area contributed by atoms with Gasteiger partial charge in [0.1, 0.15) is 17.4 Å². The Hall–Kier alpha value is -4.69. The molecule has 11 heteroatoms. The molecule has 0 aliphatic heterocycles. The van der Waals surface area contributed by atoms with Crippen LogP contribution in [0.1, 0.15) is 22.8 Å². The van der Waals surface area contributed by atoms with Gasteiger partial charge in [-0.05, 0) is 64.8 Å². The summed E-state index contributed by atoms with van der Waals surface area (Å²) in [6.45, 7) is 1.99. The third-order valence-corrected chi connectivity index (χ3v) is 5.24. The first-order valence-electron chi connectivity index (χ1n) is 10.4. The second kappa shape index (κ2) is 11.6. The van der Waals surface area contributed by atoms with Crippen molar-refractivity contribution in [2.24, 2.45) is 0 Å². The molecular weight excluding hydrogens is 534 g/mol. The molecule has 0 radical (unpaired) electrons. The Bertz CT molecular complexity index is 1400. The van der Waals surface area contributed by atoms with Crippen molar-refractivity contribution in [2.75, 3.05) is 11.9 Å². The number of nitro groups is 1. The van der Waals surface area contributed by atoms with E-state index in [0.29, 0.717) is 15.6 Å². The molecule has 0 saturated heterocycles. The molecule has 0 spiro atoms. The first kappa shape index (κ1) is 25.9. The predicted molar refractivity (Wildman–Crippen MR) is 134 cm³/mol. The monoisotopic (exact) mass is 551 g/mol. The second-order valence-electron chi connectivity index (χ2n) is 7.10. The number of hydrogen-bond acceptors (Lipinski definition) is 8. The number of hydrogen-bond donors (Lipinski definition) is 2. The quantitative estimate of drug-likeness (QED) is 0.0734. The van der Waals surface area contributed by atoms with Crippen molar-refractivity contribution < 1.29 is 29.1 Å². The van der Waals surface area contributed by atoms with E-state index in [-0.39, 0.29) is 35.1 Å². The number of phenolic OH excluding ortho intramolecular Hbond substituents is 1. The zero-order valence-electron chi connectivity index (χ0n) is 18.7. The Morgan fingerprint density at radius 1 is 1.19 bits per heavy atom. The minimum Gasteiger partial charge on any atom is -0.506 e. The molecule has 0 aliphatic carbocycles. The van der Waals surface area contributed by atoms with Gasteiger partial charge in [0.15, 0.2) is 11.5 Å². The van der Waals surface area contributed by atoms with Crippen LogP contribution >= 0.6 is 15.9 Å². The highest BCUT2D eigenvalue weighted by Crippen LogP contribution is 2.38. The average Bonchev–Trinajstić information content (AvgIpc) is 2.86. The fourth-order valence-corrected chi connectivity index (χ4v) is 3.54. The number of nitrogens with one attached hydrogen (secondary N) is 1. The highest BCUT2D eigenvalue weighted by Gasteiger charge is 2.19. The molecule has 1 amide bonds. The van der Waals surface area contributed by atoms with E-state index in [9.17, 15) is 30.1 Å². The maximum Gasteiger partial charge on any atom is 0.343 e. The molecular formula is C25H18BrN3O7. The van der Waals surface area contributed by atoms with Gasteiger partial charge in [0.05, 0.1) is 33.3 Å². The first-order valence-corrected chi connectivity index (χ1v) is 11.2. The van der Waals surface area contributed by atoms with E-state index < -0.39 is 22.5 Å². The summed E-state index contributed by atoms with van der Waals surface area (Å²) in [6.07, 6.45) is 1.27. The van der Waals surface area contributed by atoms with Crippen LogP contribution in [0.25, 0.3) is 6.08 Å². The Morgan fingerprint density at radius 3 is 2.53 bits per heavy atom. The number of aromatic hydroxyl groups is 1. The normalized spacial score (nSPS) is 10.8. The van der Waals surface area contributed by atoms with Gasteiger partial charge in [0, 0.05) is 6.07 Å². The molecule has 36 heavy (non-hydrogen) atoms. The lowest BCUT2D eigenvalue weighted by Crippen LogP contribution is -2.13. The number of anilines is 1. The number of halogens is 1. The lowest BCUT2D eigenvalue weighted by Gasteiger charge is -2.14. The van der Waals surface area contributed by atoms with Crippen LogP contribution in [0.4, 0.5) is 11.4 Å². The van der Waals surface area contributed by atoms with E-state index >= 15 is 0 Å². The Morgan fingerprint density at radius 2 is 1.92 bits per heavy atom. The molecule has 3 aromatic carbocycles. The summed E-state index contributed by atoms with van der Waals surface area (Å²) in [5, 5.41) is 32.6. The highest BCUT2D eigenvalue weighted by atomic mass is 79.9. The summed E-state index contributed by atoms with van der Waals surface area (Å²) in [4.78, 5) is 35.3. The van der Waals surface area contributed by atoms with Crippen molar-refractivity contribution in [3.05, 3.63) is 92.0 Å². The lowest BCUT2D eigenvalue weighted by atomic mass is 10.1. The lowest BCUT2D eigenvalue weighted by molar-refractivity contribution is -0.384. The number of nitrogens with zero attached hydrogens (tertiary/aromatic N) is 2. The molecule has 0 saturated carbocycles. The molecule has 0 atom stereocenters. The number of esters is 1. The van der Waals surface area contributed by atoms with E-state index in [4.69, 9.17) is 9.47 Å². The number of rotatable bonds is 8. The largest absolute Gasteiger partial charge is 0.506 e. The number of ether oxygens (including phenoxy) is 2. The zero-order valence-corrected chi connectivity index (χ0v) is 20.3. The van der Waals surface area contributed by atoms with Gasteiger partial charge in [-0.2, -0.15) is 5.26 Å². The molecule has 0 aromatic heterocycles. The third-order valence-electron chi connectivity index (χ3n) is 4.65. The van der Waals surface area contributed by atoms with Crippen LogP contribution in [0.3, 0.4) is 0 Å². The van der Waals surface area contributed by atoms with E-state index in [1.54, 1.807) is 43.3 Å². The minimum absolute atomic E-state index is 0.105. The standard InChI is InChI=1S/C25H18BrN3O7/c1-2-35-22-12-15(11-19(26)23(22)36-25(32)16-6-4-3-5-7-16)10-17(14-27)24(31)28-20-9-8-18(29(33)34)13-21(20)30/h3-13,30H,2H2,1H3,(H,28,31)/b17-10-. The van der Waals surface area contributed by atoms with Crippen LogP contribution in [-0.2, 0) is 4.79 Å². The Balaban J connectivity index is 1.88. The van der Waals surface area contributed by atoms with Crippen molar-refractivity contribution in [3.8, 4) is 23.3 Å². The zero-order chi connectivity index (χ0) is 26.2. The molecule has 0 bridgehead atoms. The fourth-order valence-electron chi connectivity index (χ4n) is 3.00. The van der Waals surface area contributed by atoms with E-state index in [1.165, 1.54) is 18.2 Å². The van der Waals surface area contributed by atoms with Crippen LogP contribution in [-0.4, -0.2) is 28.5 Å². The third kappa shape index (κ3) is 6.25. The van der Waals surface area contributed by atoms with E-state index in [2.05, 4.69) is 21.2 Å². The first-order chi connectivity index (χ1) is 17.2. The van der Waals surface area contributed by atoms with Gasteiger partial charge in [0.2, 0.25) is 0 Å². The van der Waals surface area contributed by atoms with Crippen molar-refractivity contribution in [1.29, 1.82) is 5.26 Å². The van der Waals surface area contributed by atoms with Crippen LogP contribution < -0.4 is 14.8 Å². The predicted octanol–water partition coefficient (Wildman–Crippen LogP) is 5.23. The van der Waals surface area contributed by atoms with Gasteiger partial charge in [-0.3, -0.25) is 14.9 Å². The van der Waals surface area contributed by atoms with E-state index in [0.717, 1.165) is 18.2 Å². The van der Waals surface area contributed by atoms with Gasteiger partial charge in [-0.25, -0.2) is 4.79 Å². The topological polar surface area (TPSA) is 152 Å². The highest BCUT2D eigenvalue weighted by molar-refractivity contribution is 9.10. The van der Waals surface area contributed by atoms with E-state index in [1.807, 2.05) is 0 Å². The molecule has 10 nitrogen and oxygen atoms in total. The number of benzene rings is 3. The number of phenols is 1. The summed E-state index contributed by atoms with van der Waals surface area (Å²) in [5.41, 5.74) is -0.0663. The van der Waals surface area contributed by atoms with Crippen LogP contribution in [0, 0.1) is 21.4 Å². The number of carbonyl (C=O) groups excluding carboxylic acids is 2. The number of nitriles is 1. The molecule has 0 aliphatic rings. The number of carbonyl (C=O) groups is 2. The summed E-state index contributed by atoms with van der Waals surface area (Å²) in [6, 6.07) is 16.3. The SMILES string of the molecule is CCOc1cc(/C=C(/C#N)C(=O)Nc2ccc([N+](=O)[O-])cc2O)cc(Br)c1OC(=O)c1ccccc1. The van der Waals surface area contributed by atoms with Gasteiger partial charge in [-0.1, -0.05) is 18.2 Å². The Kier molecular flexibility index (Phi) is 8.38. The van der Waals surface area contributed by atoms with Gasteiger partial charge < -0.3 is 19.9 Å². The maximum absolute atomic E-state index is 12.6. The molecule has 0 heterocycles. The second-order valence-corrected chi connectivity index (χ2v) is 7.96. The molecule has 3 aromatic rings. The number of amides is 1.